The van der Waals surface area contributed by atoms with Gasteiger partial charge in [-0.05, 0) is 24.3 Å². The summed E-state index contributed by atoms with van der Waals surface area (Å²) in [5.41, 5.74) is -2.53. The molecule has 0 saturated carbocycles. The molecule has 0 saturated heterocycles. The van der Waals surface area contributed by atoms with Crippen molar-refractivity contribution in [2.24, 2.45) is 0 Å². The van der Waals surface area contributed by atoms with Crippen LogP contribution in [0.4, 0.5) is 35.1 Å². The second-order valence-electron chi connectivity index (χ2n) is 6.20. The molecule has 0 unspecified atom stereocenters. The summed E-state index contributed by atoms with van der Waals surface area (Å²) in [6, 6.07) is 4.41. The highest BCUT2D eigenvalue weighted by atomic mass is 19.3. The average Bonchev–Trinajstić information content (AvgIpc) is 2.70. The van der Waals surface area contributed by atoms with Crippen LogP contribution in [0.25, 0.3) is 0 Å². The van der Waals surface area contributed by atoms with Gasteiger partial charge in [-0.2, -0.15) is 8.78 Å². The van der Waals surface area contributed by atoms with E-state index in [9.17, 15) is 35.1 Å². The van der Waals surface area contributed by atoms with E-state index in [2.05, 4.69) is 16.6 Å². The highest BCUT2D eigenvalue weighted by Gasteiger charge is 2.41. The summed E-state index contributed by atoms with van der Waals surface area (Å²) < 4.78 is 119. The summed E-state index contributed by atoms with van der Waals surface area (Å²) in [6.45, 7) is 0. The van der Waals surface area contributed by atoms with Gasteiger partial charge in [0.05, 0.1) is 7.11 Å². The van der Waals surface area contributed by atoms with Crippen LogP contribution in [0.2, 0.25) is 0 Å². The van der Waals surface area contributed by atoms with Crippen molar-refractivity contribution in [2.45, 2.75) is 6.11 Å². The number of benzene rings is 3. The molecular formula is C22H10F8O2. The molecule has 0 aliphatic rings. The molecule has 0 amide bonds. The van der Waals surface area contributed by atoms with Crippen molar-refractivity contribution in [3.8, 4) is 23.3 Å². The molecule has 3 aromatic carbocycles. The number of halogens is 8. The van der Waals surface area contributed by atoms with E-state index in [0.717, 1.165) is 19.2 Å². The average molecular weight is 458 g/mol. The largest absolute Gasteiger partial charge is 0.495 e. The molecule has 0 aromatic heterocycles. The summed E-state index contributed by atoms with van der Waals surface area (Å²) in [7, 11) is 1.04. The molecule has 3 aromatic rings. The zero-order chi connectivity index (χ0) is 23.6. The van der Waals surface area contributed by atoms with Crippen LogP contribution >= 0.6 is 0 Å². The normalized spacial score (nSPS) is 11.0. The molecule has 0 atom stereocenters. The molecule has 10 heteroatoms. The Morgan fingerprint density at radius 3 is 1.91 bits per heavy atom. The molecule has 2 nitrogen and oxygen atoms in total. The van der Waals surface area contributed by atoms with Gasteiger partial charge in [0.15, 0.2) is 17.5 Å². The van der Waals surface area contributed by atoms with Crippen molar-refractivity contribution >= 4 is 0 Å². The van der Waals surface area contributed by atoms with Crippen LogP contribution in [0, 0.1) is 46.7 Å². The Morgan fingerprint density at radius 2 is 1.34 bits per heavy atom. The van der Waals surface area contributed by atoms with Crippen LogP contribution in [0.5, 0.6) is 11.5 Å². The first-order valence-corrected chi connectivity index (χ1v) is 8.59. The summed E-state index contributed by atoms with van der Waals surface area (Å²) in [5.74, 6) is -6.06. The Hall–Kier alpha value is -3.74. The first kappa shape index (κ1) is 22.9. The Labute approximate surface area is 176 Å². The Balaban J connectivity index is 1.98. The Kier molecular flexibility index (Phi) is 6.30. The van der Waals surface area contributed by atoms with Gasteiger partial charge < -0.3 is 9.47 Å². The van der Waals surface area contributed by atoms with Gasteiger partial charge in [0.25, 0.3) is 0 Å². The van der Waals surface area contributed by atoms with E-state index in [4.69, 9.17) is 4.74 Å². The maximum atomic E-state index is 14.5. The molecule has 0 aliphatic heterocycles. The third kappa shape index (κ3) is 4.61. The monoisotopic (exact) mass is 458 g/mol. The second kappa shape index (κ2) is 8.78. The van der Waals surface area contributed by atoms with Gasteiger partial charge in [0.1, 0.15) is 40.1 Å². The summed E-state index contributed by atoms with van der Waals surface area (Å²) >= 11 is 0. The van der Waals surface area contributed by atoms with Crippen molar-refractivity contribution < 1.29 is 44.6 Å². The van der Waals surface area contributed by atoms with Crippen molar-refractivity contribution in [1.82, 2.24) is 0 Å². The molecular weight excluding hydrogens is 448 g/mol. The quantitative estimate of drug-likeness (QED) is 0.269. The minimum absolute atomic E-state index is 0.343. The lowest BCUT2D eigenvalue weighted by molar-refractivity contribution is -0.189. The van der Waals surface area contributed by atoms with Gasteiger partial charge in [-0.1, -0.05) is 17.9 Å². The zero-order valence-electron chi connectivity index (χ0n) is 15.9. The molecule has 3 rings (SSSR count). The molecule has 0 spiro atoms. The number of ether oxygens (including phenoxy) is 2. The van der Waals surface area contributed by atoms with E-state index in [1.165, 1.54) is 0 Å². The standard InChI is InChI=1S/C22H10F8O2/c1-31-19-10-12(32-22(29,30)20-14(23)3-2-4-15(20)24)9-16(25)13(19)6-5-11-7-17(26)21(28)18(27)8-11/h2-4,7-10H,1H3. The maximum absolute atomic E-state index is 14.5. The number of hydrogen-bond donors (Lipinski definition) is 0. The van der Waals surface area contributed by atoms with Crippen molar-refractivity contribution in [2.75, 3.05) is 7.11 Å². The van der Waals surface area contributed by atoms with Crippen LogP contribution in [-0.2, 0) is 6.11 Å². The SMILES string of the molecule is COc1cc(OC(F)(F)c2c(F)cccc2F)cc(F)c1C#Cc1cc(F)c(F)c(F)c1. The molecule has 0 radical (unpaired) electrons. The van der Waals surface area contributed by atoms with E-state index in [-0.39, 0.29) is 5.56 Å². The van der Waals surface area contributed by atoms with Gasteiger partial charge >= 0.3 is 6.11 Å². The van der Waals surface area contributed by atoms with Crippen LogP contribution in [-0.4, -0.2) is 7.11 Å². The van der Waals surface area contributed by atoms with Gasteiger partial charge in [-0.15, -0.1) is 0 Å². The van der Waals surface area contributed by atoms with Crippen molar-refractivity contribution in [3.63, 3.8) is 0 Å². The molecule has 0 bridgehead atoms. The number of hydrogen-bond acceptors (Lipinski definition) is 2. The molecule has 0 fully saturated rings. The first-order valence-electron chi connectivity index (χ1n) is 8.59. The van der Waals surface area contributed by atoms with Gasteiger partial charge in [-0.3, -0.25) is 0 Å². The molecule has 0 heterocycles. The zero-order valence-corrected chi connectivity index (χ0v) is 15.9. The van der Waals surface area contributed by atoms with Crippen LogP contribution < -0.4 is 9.47 Å². The van der Waals surface area contributed by atoms with Crippen LogP contribution in [0.3, 0.4) is 0 Å². The van der Waals surface area contributed by atoms with E-state index < -0.39 is 63.6 Å². The topological polar surface area (TPSA) is 18.5 Å². The highest BCUT2D eigenvalue weighted by Crippen LogP contribution is 2.37. The van der Waals surface area contributed by atoms with E-state index in [0.29, 0.717) is 30.3 Å². The Morgan fingerprint density at radius 1 is 0.750 bits per heavy atom. The van der Waals surface area contributed by atoms with Crippen molar-refractivity contribution in [3.05, 3.63) is 94.1 Å². The minimum atomic E-state index is -4.51. The maximum Gasteiger partial charge on any atom is 0.432 e. The third-order valence-corrected chi connectivity index (χ3v) is 4.06. The lowest BCUT2D eigenvalue weighted by Crippen LogP contribution is -2.25. The Bertz CT molecular complexity index is 1200. The number of alkyl halides is 2. The lowest BCUT2D eigenvalue weighted by atomic mass is 10.1. The molecule has 32 heavy (non-hydrogen) atoms. The number of methoxy groups -OCH3 is 1. The number of rotatable bonds is 4. The predicted octanol–water partition coefficient (Wildman–Crippen LogP) is 6.06. The predicted molar refractivity (Wildman–Crippen MR) is 96.1 cm³/mol. The molecule has 166 valence electrons. The highest BCUT2D eigenvalue weighted by molar-refractivity contribution is 5.53. The summed E-state index contributed by atoms with van der Waals surface area (Å²) in [4.78, 5) is 0. The smallest absolute Gasteiger partial charge is 0.432 e. The van der Waals surface area contributed by atoms with Crippen LogP contribution in [0.1, 0.15) is 16.7 Å². The second-order valence-corrected chi connectivity index (χ2v) is 6.20. The summed E-state index contributed by atoms with van der Waals surface area (Å²) in [5, 5.41) is 0. The van der Waals surface area contributed by atoms with E-state index in [1.54, 1.807) is 0 Å². The fourth-order valence-electron chi connectivity index (χ4n) is 2.64. The van der Waals surface area contributed by atoms with Crippen LogP contribution in [0.15, 0.2) is 42.5 Å². The van der Waals surface area contributed by atoms with Crippen molar-refractivity contribution in [1.29, 1.82) is 0 Å². The fourth-order valence-corrected chi connectivity index (χ4v) is 2.64. The molecule has 0 N–H and O–H groups in total. The van der Waals surface area contributed by atoms with Gasteiger partial charge in [-0.25, -0.2) is 26.3 Å². The lowest BCUT2D eigenvalue weighted by Gasteiger charge is -2.20. The third-order valence-electron chi connectivity index (χ3n) is 4.06. The molecule has 0 aliphatic carbocycles. The summed E-state index contributed by atoms with van der Waals surface area (Å²) in [6.07, 6.45) is -4.51. The van der Waals surface area contributed by atoms with Gasteiger partial charge in [0.2, 0.25) is 0 Å². The first-order chi connectivity index (χ1) is 15.0. The van der Waals surface area contributed by atoms with Gasteiger partial charge in [0, 0.05) is 17.7 Å². The fraction of sp³-hybridized carbons (Fsp3) is 0.0909. The van der Waals surface area contributed by atoms with E-state index >= 15 is 0 Å². The van der Waals surface area contributed by atoms with E-state index in [1.807, 2.05) is 0 Å². The minimum Gasteiger partial charge on any atom is -0.495 e.